The highest BCUT2D eigenvalue weighted by Gasteiger charge is 2.15. The summed E-state index contributed by atoms with van der Waals surface area (Å²) in [6.45, 7) is 10.0. The van der Waals surface area contributed by atoms with E-state index in [1.807, 2.05) is 26.8 Å². The number of carbonyl (C=O) groups is 1. The van der Waals surface area contributed by atoms with Crippen molar-refractivity contribution in [1.29, 1.82) is 0 Å². The highest BCUT2D eigenvalue weighted by molar-refractivity contribution is 5.94. The Morgan fingerprint density at radius 2 is 2.09 bits per heavy atom. The standard InChI is InChI=1S/C18H22N2O3/c1-5-15-10-17(23-20-15)13(4)19-18(21)14-6-8-16(9-7-14)22-11-12(2)3/h6-10,13H,2,5,11H2,1,3-4H3,(H,19,21)/t13-/m0/s1. The van der Waals surface area contributed by atoms with Gasteiger partial charge in [-0.05, 0) is 50.1 Å². The van der Waals surface area contributed by atoms with Gasteiger partial charge in [-0.1, -0.05) is 18.7 Å². The van der Waals surface area contributed by atoms with E-state index in [0.29, 0.717) is 23.7 Å². The summed E-state index contributed by atoms with van der Waals surface area (Å²) >= 11 is 0. The second-order valence-corrected chi connectivity index (χ2v) is 5.54. The summed E-state index contributed by atoms with van der Waals surface area (Å²) in [6.07, 6.45) is 0.801. The molecule has 0 unspecified atom stereocenters. The number of aromatic nitrogens is 1. The molecule has 0 aliphatic rings. The number of hydrogen-bond donors (Lipinski definition) is 1. The molecule has 0 bridgehead atoms. The van der Waals surface area contributed by atoms with Crippen LogP contribution in [0.15, 0.2) is 47.0 Å². The van der Waals surface area contributed by atoms with Crippen molar-refractivity contribution in [3.05, 3.63) is 59.5 Å². The van der Waals surface area contributed by atoms with E-state index in [1.54, 1.807) is 24.3 Å². The van der Waals surface area contributed by atoms with Crippen LogP contribution in [0.1, 0.15) is 48.6 Å². The van der Waals surface area contributed by atoms with Crippen LogP contribution in [0.25, 0.3) is 0 Å². The maximum Gasteiger partial charge on any atom is 0.251 e. The lowest BCUT2D eigenvalue weighted by molar-refractivity contribution is 0.0933. The molecule has 0 aliphatic carbocycles. The summed E-state index contributed by atoms with van der Waals surface area (Å²) in [5, 5.41) is 6.82. The SMILES string of the molecule is C=C(C)COc1ccc(C(=O)N[C@@H](C)c2cc(CC)no2)cc1. The summed E-state index contributed by atoms with van der Waals surface area (Å²) in [6, 6.07) is 8.62. The third-order valence-corrected chi connectivity index (χ3v) is 3.32. The minimum atomic E-state index is -0.241. The number of amides is 1. The van der Waals surface area contributed by atoms with Crippen molar-refractivity contribution in [2.75, 3.05) is 6.61 Å². The van der Waals surface area contributed by atoms with Crippen LogP contribution < -0.4 is 10.1 Å². The molecule has 0 spiro atoms. The van der Waals surface area contributed by atoms with Gasteiger partial charge in [-0.2, -0.15) is 0 Å². The Balaban J connectivity index is 1.95. The van der Waals surface area contributed by atoms with E-state index in [1.165, 1.54) is 0 Å². The Labute approximate surface area is 136 Å². The number of carbonyl (C=O) groups excluding carboxylic acids is 1. The van der Waals surface area contributed by atoms with Crippen LogP contribution in [-0.4, -0.2) is 17.7 Å². The summed E-state index contributed by atoms with van der Waals surface area (Å²) in [4.78, 5) is 12.3. The van der Waals surface area contributed by atoms with Gasteiger partial charge in [0, 0.05) is 11.6 Å². The molecule has 1 aromatic heterocycles. The zero-order chi connectivity index (χ0) is 16.8. The number of rotatable bonds is 7. The molecule has 0 saturated carbocycles. The van der Waals surface area contributed by atoms with Crippen molar-refractivity contribution < 1.29 is 14.1 Å². The molecular formula is C18H22N2O3. The maximum atomic E-state index is 12.3. The first-order chi connectivity index (χ1) is 11.0. The molecule has 0 saturated heterocycles. The van der Waals surface area contributed by atoms with Crippen LogP contribution >= 0.6 is 0 Å². The smallest absolute Gasteiger partial charge is 0.251 e. The molecule has 0 fully saturated rings. The van der Waals surface area contributed by atoms with Crippen LogP contribution in [0, 0.1) is 0 Å². The number of ether oxygens (including phenoxy) is 1. The Kier molecular flexibility index (Phi) is 5.57. The topological polar surface area (TPSA) is 64.4 Å². The van der Waals surface area contributed by atoms with Crippen LogP contribution in [0.2, 0.25) is 0 Å². The summed E-state index contributed by atoms with van der Waals surface area (Å²) in [5.74, 6) is 1.19. The van der Waals surface area contributed by atoms with E-state index in [9.17, 15) is 4.79 Å². The van der Waals surface area contributed by atoms with Gasteiger partial charge in [-0.15, -0.1) is 0 Å². The molecule has 0 radical (unpaired) electrons. The zero-order valence-electron chi connectivity index (χ0n) is 13.8. The van der Waals surface area contributed by atoms with Gasteiger partial charge in [0.05, 0.1) is 11.7 Å². The van der Waals surface area contributed by atoms with Crippen LogP contribution in [0.3, 0.4) is 0 Å². The van der Waals surface area contributed by atoms with Crippen molar-refractivity contribution in [1.82, 2.24) is 10.5 Å². The molecule has 1 heterocycles. The first-order valence-corrected chi connectivity index (χ1v) is 7.63. The van der Waals surface area contributed by atoms with E-state index in [2.05, 4.69) is 17.1 Å². The van der Waals surface area contributed by atoms with Gasteiger partial charge in [0.15, 0.2) is 5.76 Å². The number of benzene rings is 1. The van der Waals surface area contributed by atoms with Gasteiger partial charge in [0.25, 0.3) is 5.91 Å². The van der Waals surface area contributed by atoms with Crippen molar-refractivity contribution in [3.8, 4) is 5.75 Å². The van der Waals surface area contributed by atoms with Crippen LogP contribution in [-0.2, 0) is 6.42 Å². The number of nitrogens with zero attached hydrogens (tertiary/aromatic N) is 1. The maximum absolute atomic E-state index is 12.3. The molecule has 2 aromatic rings. The largest absolute Gasteiger partial charge is 0.489 e. The average molecular weight is 314 g/mol. The van der Waals surface area contributed by atoms with Gasteiger partial charge in [0.2, 0.25) is 0 Å². The third-order valence-electron chi connectivity index (χ3n) is 3.32. The predicted octanol–water partition coefficient (Wildman–Crippen LogP) is 3.68. The molecule has 2 rings (SSSR count). The summed E-state index contributed by atoms with van der Waals surface area (Å²) in [7, 11) is 0. The minimum absolute atomic E-state index is 0.168. The van der Waals surface area contributed by atoms with Gasteiger partial charge >= 0.3 is 0 Å². The summed E-state index contributed by atoms with van der Waals surface area (Å²) < 4.78 is 10.7. The van der Waals surface area contributed by atoms with E-state index >= 15 is 0 Å². The van der Waals surface area contributed by atoms with Gasteiger partial charge in [-0.25, -0.2) is 0 Å². The quantitative estimate of drug-likeness (QED) is 0.792. The Bertz CT molecular complexity index is 674. The molecule has 1 aromatic carbocycles. The molecule has 1 amide bonds. The Morgan fingerprint density at radius 1 is 1.39 bits per heavy atom. The lowest BCUT2D eigenvalue weighted by atomic mass is 10.1. The molecule has 5 heteroatoms. The van der Waals surface area contributed by atoms with E-state index in [4.69, 9.17) is 9.26 Å². The Morgan fingerprint density at radius 3 is 2.65 bits per heavy atom. The highest BCUT2D eigenvalue weighted by atomic mass is 16.5. The van der Waals surface area contributed by atoms with Crippen LogP contribution in [0.4, 0.5) is 0 Å². The Hall–Kier alpha value is -2.56. The van der Waals surface area contributed by atoms with Gasteiger partial charge < -0.3 is 14.6 Å². The minimum Gasteiger partial charge on any atom is -0.489 e. The second kappa shape index (κ2) is 7.63. The van der Waals surface area contributed by atoms with Crippen LogP contribution in [0.5, 0.6) is 5.75 Å². The fraction of sp³-hybridized carbons (Fsp3) is 0.333. The van der Waals surface area contributed by atoms with E-state index < -0.39 is 0 Å². The lowest BCUT2D eigenvalue weighted by Crippen LogP contribution is -2.26. The average Bonchev–Trinajstić information content (AvgIpc) is 3.02. The fourth-order valence-electron chi connectivity index (χ4n) is 1.96. The fourth-order valence-corrected chi connectivity index (χ4v) is 1.96. The van der Waals surface area contributed by atoms with Gasteiger partial charge in [-0.3, -0.25) is 4.79 Å². The third kappa shape index (κ3) is 4.71. The normalized spacial score (nSPS) is 11.8. The molecule has 1 atom stereocenters. The van der Waals surface area contributed by atoms with E-state index in [-0.39, 0.29) is 11.9 Å². The first-order valence-electron chi connectivity index (χ1n) is 7.63. The van der Waals surface area contributed by atoms with Crippen molar-refractivity contribution in [2.24, 2.45) is 0 Å². The number of hydrogen-bond acceptors (Lipinski definition) is 4. The molecule has 23 heavy (non-hydrogen) atoms. The molecule has 0 aliphatic heterocycles. The highest BCUT2D eigenvalue weighted by Crippen LogP contribution is 2.16. The monoisotopic (exact) mass is 314 g/mol. The van der Waals surface area contributed by atoms with Gasteiger partial charge in [0.1, 0.15) is 12.4 Å². The number of nitrogens with one attached hydrogen (secondary N) is 1. The van der Waals surface area contributed by atoms with Crippen molar-refractivity contribution in [3.63, 3.8) is 0 Å². The lowest BCUT2D eigenvalue weighted by Gasteiger charge is -2.11. The van der Waals surface area contributed by atoms with Crippen molar-refractivity contribution in [2.45, 2.75) is 33.2 Å². The number of aryl methyl sites for hydroxylation is 1. The second-order valence-electron chi connectivity index (χ2n) is 5.54. The summed E-state index contributed by atoms with van der Waals surface area (Å²) in [5.41, 5.74) is 2.38. The molecule has 1 N–H and O–H groups in total. The molecular weight excluding hydrogens is 292 g/mol. The molecule has 122 valence electrons. The van der Waals surface area contributed by atoms with Crippen molar-refractivity contribution >= 4 is 5.91 Å². The van der Waals surface area contributed by atoms with E-state index in [0.717, 1.165) is 17.7 Å². The predicted molar refractivity (Wildman–Crippen MR) is 88.5 cm³/mol. The molecule has 5 nitrogen and oxygen atoms in total. The zero-order valence-corrected chi connectivity index (χ0v) is 13.8. The first kappa shape index (κ1) is 16.8.